The minimum absolute atomic E-state index is 0.0487. The number of esters is 2. The van der Waals surface area contributed by atoms with Gasteiger partial charge in [0.25, 0.3) is 7.82 Å². The van der Waals surface area contributed by atoms with E-state index in [2.05, 4.69) is 111 Å². The van der Waals surface area contributed by atoms with Gasteiger partial charge in [0.2, 0.25) is 0 Å². The van der Waals surface area contributed by atoms with E-state index >= 15 is 0 Å². The zero-order chi connectivity index (χ0) is 41.4. The lowest BCUT2D eigenvalue weighted by Crippen LogP contribution is -2.37. The fourth-order valence-electron chi connectivity index (χ4n) is 4.87. The molecule has 10 heteroatoms. The van der Waals surface area contributed by atoms with Gasteiger partial charge in [0.15, 0.2) is 6.10 Å². The third-order valence-electron chi connectivity index (χ3n) is 8.10. The molecule has 0 bridgehead atoms. The molecule has 0 saturated carbocycles. The molecular weight excluding hydrogens is 725 g/mol. The van der Waals surface area contributed by atoms with Crippen LogP contribution in [0.4, 0.5) is 0 Å². The molecule has 0 aromatic heterocycles. The molecule has 0 rings (SSSR count). The second-order valence-corrected chi connectivity index (χ2v) is 16.0. The highest BCUT2D eigenvalue weighted by Gasteiger charge is 2.21. The molecule has 56 heavy (non-hydrogen) atoms. The second kappa shape index (κ2) is 37.5. The van der Waals surface area contributed by atoms with Crippen molar-refractivity contribution < 1.29 is 42.1 Å². The van der Waals surface area contributed by atoms with Crippen LogP contribution in [-0.4, -0.2) is 70.0 Å². The lowest BCUT2D eigenvalue weighted by Gasteiger charge is -2.28. The van der Waals surface area contributed by atoms with E-state index in [4.69, 9.17) is 18.5 Å². The molecule has 0 aromatic rings. The Morgan fingerprint density at radius 2 is 0.964 bits per heavy atom. The van der Waals surface area contributed by atoms with Crippen molar-refractivity contribution in [3.8, 4) is 0 Å². The number of allylic oxidation sites excluding steroid dienone is 16. The number of carbonyl (C=O) groups excluding carboxylic acids is 2. The Hall–Kier alpha value is -3.07. The van der Waals surface area contributed by atoms with E-state index in [1.807, 2.05) is 21.1 Å². The molecule has 0 aliphatic heterocycles. The lowest BCUT2D eigenvalue weighted by molar-refractivity contribution is -0.870. The van der Waals surface area contributed by atoms with Gasteiger partial charge in [-0.05, 0) is 89.9 Å². The predicted octanol–water partition coefficient (Wildman–Crippen LogP) is 11.2. The van der Waals surface area contributed by atoms with Crippen LogP contribution < -0.4 is 4.89 Å². The number of likely N-dealkylation sites (N-methyl/N-ethyl adjacent to an activating group) is 1. The number of carbonyl (C=O) groups is 2. The Morgan fingerprint density at radius 3 is 1.45 bits per heavy atom. The molecule has 0 aliphatic rings. The van der Waals surface area contributed by atoms with Crippen molar-refractivity contribution in [1.82, 2.24) is 0 Å². The summed E-state index contributed by atoms with van der Waals surface area (Å²) in [5.74, 6) is -0.924. The van der Waals surface area contributed by atoms with Gasteiger partial charge in [0.05, 0.1) is 27.7 Å². The molecule has 318 valence electrons. The smallest absolute Gasteiger partial charge is 0.306 e. The molecule has 0 spiro atoms. The van der Waals surface area contributed by atoms with Gasteiger partial charge < -0.3 is 27.9 Å². The maximum atomic E-state index is 12.7. The van der Waals surface area contributed by atoms with Gasteiger partial charge in [-0.25, -0.2) is 0 Å². The maximum absolute atomic E-state index is 12.7. The molecular formula is C46H76NO8P. The number of phosphoric acid groups is 1. The van der Waals surface area contributed by atoms with Gasteiger partial charge in [-0.15, -0.1) is 0 Å². The van der Waals surface area contributed by atoms with Crippen molar-refractivity contribution in [2.45, 2.75) is 136 Å². The molecule has 0 radical (unpaired) electrons. The van der Waals surface area contributed by atoms with Gasteiger partial charge in [0.1, 0.15) is 19.8 Å². The summed E-state index contributed by atoms with van der Waals surface area (Å²) < 4.78 is 33.8. The molecule has 1 unspecified atom stereocenters. The number of rotatable bonds is 36. The summed E-state index contributed by atoms with van der Waals surface area (Å²) in [5, 5.41) is 0. The van der Waals surface area contributed by atoms with Gasteiger partial charge in [-0.3, -0.25) is 14.2 Å². The van der Waals surface area contributed by atoms with Crippen molar-refractivity contribution in [2.75, 3.05) is 47.5 Å². The standard InChI is InChI=1S/C46H76NO8P/c1-6-8-10-12-14-16-18-20-22-23-25-27-29-31-33-35-37-39-46(49)55-44(43-54-56(50,51)53-41-40-47(3,4)5)42-52-45(48)38-36-34-32-30-28-26-24-21-19-17-15-13-11-9-7-2/h8-11,14-17,20-22,24-25,27-28,30,44H,6-7,12-13,18-19,23,26,29,31-43H2,1-5H3/b10-8-,11-9-,16-14-,17-15-,22-20-,24-21-,27-25-,30-28-/t44-/m1/s1. The van der Waals surface area contributed by atoms with Crippen LogP contribution in [0.3, 0.4) is 0 Å². The highest BCUT2D eigenvalue weighted by atomic mass is 31.2. The van der Waals surface area contributed by atoms with Crippen molar-refractivity contribution >= 4 is 19.8 Å². The molecule has 2 atom stereocenters. The summed E-state index contributed by atoms with van der Waals surface area (Å²) >= 11 is 0. The van der Waals surface area contributed by atoms with Crippen LogP contribution >= 0.6 is 7.82 Å². The molecule has 0 heterocycles. The topological polar surface area (TPSA) is 111 Å². The summed E-state index contributed by atoms with van der Waals surface area (Å²) in [6.07, 6.45) is 48.7. The zero-order valence-corrected chi connectivity index (χ0v) is 36.4. The molecule has 0 aliphatic carbocycles. The third kappa shape index (κ3) is 40.6. The maximum Gasteiger partial charge on any atom is 0.306 e. The van der Waals surface area contributed by atoms with E-state index < -0.39 is 32.5 Å². The highest BCUT2D eigenvalue weighted by molar-refractivity contribution is 7.45. The summed E-state index contributed by atoms with van der Waals surface area (Å²) in [6, 6.07) is 0. The van der Waals surface area contributed by atoms with Crippen molar-refractivity contribution in [3.05, 3.63) is 97.2 Å². The van der Waals surface area contributed by atoms with Gasteiger partial charge in [-0.2, -0.15) is 0 Å². The van der Waals surface area contributed by atoms with E-state index in [0.29, 0.717) is 23.9 Å². The number of hydrogen-bond acceptors (Lipinski definition) is 8. The molecule has 0 amide bonds. The van der Waals surface area contributed by atoms with Gasteiger partial charge in [0, 0.05) is 12.8 Å². The van der Waals surface area contributed by atoms with E-state index in [-0.39, 0.29) is 26.1 Å². The average Bonchev–Trinajstić information content (AvgIpc) is 3.15. The van der Waals surface area contributed by atoms with E-state index in [0.717, 1.165) is 89.9 Å². The quantitative estimate of drug-likeness (QED) is 0.0202. The van der Waals surface area contributed by atoms with Crippen LogP contribution in [0, 0.1) is 0 Å². The fraction of sp³-hybridized carbons (Fsp3) is 0.609. The van der Waals surface area contributed by atoms with Crippen LogP contribution in [0.2, 0.25) is 0 Å². The summed E-state index contributed by atoms with van der Waals surface area (Å²) in [7, 11) is 1.10. The van der Waals surface area contributed by atoms with Crippen molar-refractivity contribution in [2.24, 2.45) is 0 Å². The van der Waals surface area contributed by atoms with Gasteiger partial charge in [-0.1, -0.05) is 124 Å². The lowest BCUT2D eigenvalue weighted by atomic mass is 10.1. The number of phosphoric ester groups is 1. The van der Waals surface area contributed by atoms with Crippen LogP contribution in [0.15, 0.2) is 97.2 Å². The summed E-state index contributed by atoms with van der Waals surface area (Å²) in [5.41, 5.74) is 0. The van der Waals surface area contributed by atoms with Crippen LogP contribution in [0.25, 0.3) is 0 Å². The fourth-order valence-corrected chi connectivity index (χ4v) is 5.60. The van der Waals surface area contributed by atoms with Crippen LogP contribution in [-0.2, 0) is 32.7 Å². The Labute approximate surface area is 341 Å². The number of nitrogens with zero attached hydrogens (tertiary/aromatic N) is 1. The first-order valence-electron chi connectivity index (χ1n) is 20.9. The number of quaternary nitrogens is 1. The predicted molar refractivity (Wildman–Crippen MR) is 231 cm³/mol. The second-order valence-electron chi connectivity index (χ2n) is 14.6. The molecule has 0 saturated heterocycles. The molecule has 9 nitrogen and oxygen atoms in total. The summed E-state index contributed by atoms with van der Waals surface area (Å²) in [6.45, 7) is 3.88. The zero-order valence-electron chi connectivity index (χ0n) is 35.5. The van der Waals surface area contributed by atoms with Crippen molar-refractivity contribution in [1.29, 1.82) is 0 Å². The average molecular weight is 802 g/mol. The highest BCUT2D eigenvalue weighted by Crippen LogP contribution is 2.38. The van der Waals surface area contributed by atoms with Gasteiger partial charge >= 0.3 is 11.9 Å². The molecule has 0 N–H and O–H groups in total. The molecule has 0 aromatic carbocycles. The largest absolute Gasteiger partial charge is 0.756 e. The van der Waals surface area contributed by atoms with Crippen molar-refractivity contribution in [3.63, 3.8) is 0 Å². The first-order chi connectivity index (χ1) is 27.0. The third-order valence-corrected chi connectivity index (χ3v) is 9.06. The first-order valence-corrected chi connectivity index (χ1v) is 22.4. The van der Waals surface area contributed by atoms with E-state index in [1.165, 1.54) is 0 Å². The monoisotopic (exact) mass is 802 g/mol. The van der Waals surface area contributed by atoms with Crippen LogP contribution in [0.5, 0.6) is 0 Å². The van der Waals surface area contributed by atoms with Crippen LogP contribution in [0.1, 0.15) is 129 Å². The Kier molecular flexibility index (Phi) is 35.4. The normalized spacial score (nSPS) is 14.6. The Balaban J connectivity index is 4.53. The summed E-state index contributed by atoms with van der Waals surface area (Å²) in [4.78, 5) is 37.5. The Bertz CT molecular complexity index is 1270. The SMILES string of the molecule is CC/C=C\C/C=C\C/C=C\C/C=C\CCCCCCC(=O)O[C@H](COC(=O)CCCC/C=C\C/C=C\C/C=C\C/C=C\CC)COP(=O)([O-])OCC[N+](C)(C)C. The van der Waals surface area contributed by atoms with E-state index in [9.17, 15) is 19.0 Å². The van der Waals surface area contributed by atoms with E-state index in [1.54, 1.807) is 0 Å². The number of hydrogen-bond donors (Lipinski definition) is 0. The minimum atomic E-state index is -4.65. The first kappa shape index (κ1) is 52.9. The molecule has 0 fully saturated rings. The number of unbranched alkanes of at least 4 members (excludes halogenated alkanes) is 6. The Morgan fingerprint density at radius 1 is 0.554 bits per heavy atom. The minimum Gasteiger partial charge on any atom is -0.756 e. The number of ether oxygens (including phenoxy) is 2.